The molecule has 2 aromatic carbocycles. The molecule has 0 bridgehead atoms. The highest BCUT2D eigenvalue weighted by atomic mass is 79.9. The second-order valence-electron chi connectivity index (χ2n) is 5.39. The molecular formula is C18H16BrN3O3. The number of halogens is 1. The van der Waals surface area contributed by atoms with Crippen molar-refractivity contribution in [2.75, 3.05) is 0 Å². The number of amides is 1. The maximum Gasteiger partial charge on any atom is 0.408 e. The van der Waals surface area contributed by atoms with Crippen LogP contribution in [0.25, 0.3) is 11.4 Å². The zero-order chi connectivity index (χ0) is 17.6. The quantitative estimate of drug-likeness (QED) is 0.681. The molecule has 0 saturated heterocycles. The maximum atomic E-state index is 11.9. The van der Waals surface area contributed by atoms with Crippen molar-refractivity contribution in [3.8, 4) is 11.4 Å². The molecule has 3 aromatic rings. The van der Waals surface area contributed by atoms with Crippen LogP contribution in [0.15, 0.2) is 63.6 Å². The number of nitrogens with zero attached hydrogens (tertiary/aromatic N) is 2. The van der Waals surface area contributed by atoms with Crippen LogP contribution in [-0.2, 0) is 11.3 Å². The molecule has 0 aliphatic carbocycles. The topological polar surface area (TPSA) is 77.2 Å². The van der Waals surface area contributed by atoms with Crippen molar-refractivity contribution in [1.82, 2.24) is 15.5 Å². The van der Waals surface area contributed by atoms with Crippen LogP contribution in [0.1, 0.15) is 24.4 Å². The van der Waals surface area contributed by atoms with Gasteiger partial charge in [0.05, 0.1) is 0 Å². The number of rotatable bonds is 5. The van der Waals surface area contributed by atoms with Crippen LogP contribution in [0.4, 0.5) is 4.79 Å². The SMILES string of the molecule is CC(NC(=O)OCc1ccccc1)c1nc(-c2ccc(Br)cc2)no1. The van der Waals surface area contributed by atoms with Crippen molar-refractivity contribution in [3.63, 3.8) is 0 Å². The molecule has 25 heavy (non-hydrogen) atoms. The first-order valence-corrected chi connectivity index (χ1v) is 8.48. The monoisotopic (exact) mass is 401 g/mol. The number of ether oxygens (including phenoxy) is 1. The summed E-state index contributed by atoms with van der Waals surface area (Å²) in [7, 11) is 0. The lowest BCUT2D eigenvalue weighted by molar-refractivity contribution is 0.134. The molecule has 1 N–H and O–H groups in total. The Morgan fingerprint density at radius 2 is 1.92 bits per heavy atom. The standard InChI is InChI=1S/C18H16BrN3O3/c1-12(20-18(23)24-11-13-5-3-2-4-6-13)17-21-16(22-25-17)14-7-9-15(19)10-8-14/h2-10,12H,11H2,1H3,(H,20,23). The van der Waals surface area contributed by atoms with Crippen molar-refractivity contribution >= 4 is 22.0 Å². The van der Waals surface area contributed by atoms with Crippen LogP contribution in [0, 0.1) is 0 Å². The Labute approximate surface area is 153 Å². The second kappa shape index (κ2) is 7.94. The highest BCUT2D eigenvalue weighted by molar-refractivity contribution is 9.10. The Hall–Kier alpha value is -2.67. The molecule has 0 fully saturated rings. The van der Waals surface area contributed by atoms with Crippen LogP contribution in [-0.4, -0.2) is 16.2 Å². The van der Waals surface area contributed by atoms with E-state index in [-0.39, 0.29) is 6.61 Å². The lowest BCUT2D eigenvalue weighted by Crippen LogP contribution is -2.27. The first-order valence-electron chi connectivity index (χ1n) is 7.68. The molecule has 1 amide bonds. The van der Waals surface area contributed by atoms with Gasteiger partial charge in [-0.15, -0.1) is 0 Å². The van der Waals surface area contributed by atoms with Crippen molar-refractivity contribution < 1.29 is 14.1 Å². The molecule has 1 heterocycles. The second-order valence-corrected chi connectivity index (χ2v) is 6.31. The molecule has 0 saturated carbocycles. The Bertz CT molecular complexity index is 834. The Morgan fingerprint density at radius 1 is 1.20 bits per heavy atom. The summed E-state index contributed by atoms with van der Waals surface area (Å²) in [4.78, 5) is 16.2. The van der Waals surface area contributed by atoms with Crippen molar-refractivity contribution in [1.29, 1.82) is 0 Å². The molecule has 0 aliphatic heterocycles. The number of benzene rings is 2. The first-order chi connectivity index (χ1) is 12.1. The van der Waals surface area contributed by atoms with Crippen LogP contribution < -0.4 is 5.32 Å². The molecule has 128 valence electrons. The van der Waals surface area contributed by atoms with E-state index in [2.05, 4.69) is 31.4 Å². The van der Waals surface area contributed by atoms with E-state index in [1.54, 1.807) is 6.92 Å². The summed E-state index contributed by atoms with van der Waals surface area (Å²) in [5.74, 6) is 0.781. The molecule has 0 aliphatic rings. The third-order valence-electron chi connectivity index (χ3n) is 3.46. The Kier molecular flexibility index (Phi) is 5.45. The molecule has 3 rings (SSSR count). The zero-order valence-electron chi connectivity index (χ0n) is 13.5. The summed E-state index contributed by atoms with van der Waals surface area (Å²) in [5.41, 5.74) is 1.75. The predicted octanol–water partition coefficient (Wildman–Crippen LogP) is 4.49. The Morgan fingerprint density at radius 3 is 2.64 bits per heavy atom. The molecule has 7 heteroatoms. The fraction of sp³-hybridized carbons (Fsp3) is 0.167. The van der Waals surface area contributed by atoms with Gasteiger partial charge in [-0.05, 0) is 36.8 Å². The van der Waals surface area contributed by atoms with Gasteiger partial charge in [-0.3, -0.25) is 0 Å². The number of nitrogens with one attached hydrogen (secondary N) is 1. The van der Waals surface area contributed by atoms with Crippen molar-refractivity contribution in [2.24, 2.45) is 0 Å². The molecule has 0 spiro atoms. The predicted molar refractivity (Wildman–Crippen MR) is 95.6 cm³/mol. The van der Waals surface area contributed by atoms with Gasteiger partial charge in [0.1, 0.15) is 12.6 Å². The number of alkyl carbamates (subject to hydrolysis) is 1. The minimum atomic E-state index is -0.542. The van der Waals surface area contributed by atoms with Crippen molar-refractivity contribution in [3.05, 3.63) is 70.5 Å². The van der Waals surface area contributed by atoms with Crippen LogP contribution in [0.3, 0.4) is 0 Å². The molecule has 1 aromatic heterocycles. The minimum absolute atomic E-state index is 0.202. The van der Waals surface area contributed by atoms with E-state index in [0.717, 1.165) is 15.6 Å². The van der Waals surface area contributed by atoms with Crippen LogP contribution in [0.2, 0.25) is 0 Å². The molecular weight excluding hydrogens is 386 g/mol. The van der Waals surface area contributed by atoms with E-state index in [9.17, 15) is 4.79 Å². The van der Waals surface area contributed by atoms with Gasteiger partial charge in [-0.25, -0.2) is 4.79 Å². The van der Waals surface area contributed by atoms with E-state index < -0.39 is 12.1 Å². The van der Waals surface area contributed by atoms with Crippen LogP contribution in [0.5, 0.6) is 0 Å². The van der Waals surface area contributed by atoms with Gasteiger partial charge >= 0.3 is 6.09 Å². The smallest absolute Gasteiger partial charge is 0.408 e. The van der Waals surface area contributed by atoms with Gasteiger partial charge in [0.15, 0.2) is 0 Å². The summed E-state index contributed by atoms with van der Waals surface area (Å²) < 4.78 is 11.4. The van der Waals surface area contributed by atoms with E-state index in [1.807, 2.05) is 54.6 Å². The number of aromatic nitrogens is 2. The van der Waals surface area contributed by atoms with Gasteiger partial charge in [-0.2, -0.15) is 4.98 Å². The number of carbonyl (C=O) groups excluding carboxylic acids is 1. The van der Waals surface area contributed by atoms with Gasteiger partial charge in [0.2, 0.25) is 11.7 Å². The normalized spacial score (nSPS) is 11.8. The average Bonchev–Trinajstić information content (AvgIpc) is 3.12. The summed E-state index contributed by atoms with van der Waals surface area (Å²) in [6, 6.07) is 16.6. The summed E-state index contributed by atoms with van der Waals surface area (Å²) in [5, 5.41) is 6.62. The first kappa shape index (κ1) is 17.2. The van der Waals surface area contributed by atoms with E-state index in [0.29, 0.717) is 11.7 Å². The summed E-state index contributed by atoms with van der Waals surface area (Å²) in [6.07, 6.45) is -0.542. The number of carbonyl (C=O) groups is 1. The zero-order valence-corrected chi connectivity index (χ0v) is 15.1. The number of hydrogen-bond acceptors (Lipinski definition) is 5. The summed E-state index contributed by atoms with van der Waals surface area (Å²) in [6.45, 7) is 1.95. The van der Waals surface area contributed by atoms with E-state index >= 15 is 0 Å². The molecule has 0 radical (unpaired) electrons. The van der Waals surface area contributed by atoms with Gasteiger partial charge in [0.25, 0.3) is 0 Å². The highest BCUT2D eigenvalue weighted by Crippen LogP contribution is 2.21. The number of hydrogen-bond donors (Lipinski definition) is 1. The molecule has 1 unspecified atom stereocenters. The van der Waals surface area contributed by atoms with Gasteiger partial charge in [0, 0.05) is 10.0 Å². The largest absolute Gasteiger partial charge is 0.445 e. The third-order valence-corrected chi connectivity index (χ3v) is 3.99. The lowest BCUT2D eigenvalue weighted by atomic mass is 10.2. The fourth-order valence-electron chi connectivity index (χ4n) is 2.13. The van der Waals surface area contributed by atoms with Crippen LogP contribution >= 0.6 is 15.9 Å². The lowest BCUT2D eigenvalue weighted by Gasteiger charge is -2.10. The fourth-order valence-corrected chi connectivity index (χ4v) is 2.39. The maximum absolute atomic E-state index is 11.9. The highest BCUT2D eigenvalue weighted by Gasteiger charge is 2.18. The van der Waals surface area contributed by atoms with E-state index in [1.165, 1.54) is 0 Å². The molecule has 6 nitrogen and oxygen atoms in total. The summed E-state index contributed by atoms with van der Waals surface area (Å²) >= 11 is 3.38. The third kappa shape index (κ3) is 4.67. The van der Waals surface area contributed by atoms with E-state index in [4.69, 9.17) is 9.26 Å². The average molecular weight is 402 g/mol. The Balaban J connectivity index is 1.57. The van der Waals surface area contributed by atoms with Gasteiger partial charge in [-0.1, -0.05) is 51.4 Å². The van der Waals surface area contributed by atoms with Gasteiger partial charge < -0.3 is 14.6 Å². The minimum Gasteiger partial charge on any atom is -0.445 e. The molecule has 1 atom stereocenters. The van der Waals surface area contributed by atoms with Crippen molar-refractivity contribution in [2.45, 2.75) is 19.6 Å².